The van der Waals surface area contributed by atoms with E-state index in [4.69, 9.17) is 23.2 Å². The van der Waals surface area contributed by atoms with Gasteiger partial charge in [0.25, 0.3) is 10.0 Å². The van der Waals surface area contributed by atoms with E-state index in [9.17, 15) is 22.4 Å². The van der Waals surface area contributed by atoms with E-state index in [1.807, 2.05) is 0 Å². The summed E-state index contributed by atoms with van der Waals surface area (Å²) in [6.45, 7) is 6.22. The number of anilines is 1. The van der Waals surface area contributed by atoms with Gasteiger partial charge in [0.15, 0.2) is 0 Å². The molecular weight excluding hydrogens is 564 g/mol. The Morgan fingerprint density at radius 1 is 0.974 bits per heavy atom. The number of benzene rings is 3. The van der Waals surface area contributed by atoms with Crippen molar-refractivity contribution in [3.8, 4) is 0 Å². The summed E-state index contributed by atoms with van der Waals surface area (Å²) in [5.41, 5.74) is -0.0132. The number of rotatable bonds is 9. The first-order valence-corrected chi connectivity index (χ1v) is 14.3. The van der Waals surface area contributed by atoms with E-state index < -0.39 is 45.8 Å². The molecule has 208 valence electrons. The minimum Gasteiger partial charge on any atom is -0.350 e. The molecule has 0 saturated heterocycles. The Kier molecular flexibility index (Phi) is 9.64. The third-order valence-electron chi connectivity index (χ3n) is 5.72. The van der Waals surface area contributed by atoms with Crippen LogP contribution in [0.15, 0.2) is 77.7 Å². The van der Waals surface area contributed by atoms with Gasteiger partial charge in [-0.15, -0.1) is 0 Å². The molecule has 1 N–H and O–H groups in total. The van der Waals surface area contributed by atoms with Crippen molar-refractivity contribution in [2.24, 2.45) is 0 Å². The van der Waals surface area contributed by atoms with Gasteiger partial charge >= 0.3 is 0 Å². The first-order chi connectivity index (χ1) is 18.2. The summed E-state index contributed by atoms with van der Waals surface area (Å²) >= 11 is 12.6. The van der Waals surface area contributed by atoms with E-state index >= 15 is 0 Å². The Hall–Kier alpha value is -3.14. The second-order valence-corrected chi connectivity index (χ2v) is 12.7. The van der Waals surface area contributed by atoms with Crippen molar-refractivity contribution in [2.75, 3.05) is 10.8 Å². The molecule has 1 unspecified atom stereocenters. The normalized spacial score (nSPS) is 12.5. The molecule has 3 aromatic carbocycles. The van der Waals surface area contributed by atoms with Crippen LogP contribution in [0.25, 0.3) is 0 Å². The highest BCUT2D eigenvalue weighted by molar-refractivity contribution is 7.92. The maximum Gasteiger partial charge on any atom is 0.264 e. The van der Waals surface area contributed by atoms with Gasteiger partial charge in [0.2, 0.25) is 11.8 Å². The molecule has 0 aliphatic rings. The Morgan fingerprint density at radius 3 is 2.18 bits per heavy atom. The predicted molar refractivity (Wildman–Crippen MR) is 152 cm³/mol. The molecule has 11 heteroatoms. The molecule has 0 radical (unpaired) electrons. The van der Waals surface area contributed by atoms with Gasteiger partial charge in [-0.3, -0.25) is 13.9 Å². The minimum absolute atomic E-state index is 0.00916. The molecule has 1 atom stereocenters. The predicted octanol–water partition coefficient (Wildman–Crippen LogP) is 5.66. The summed E-state index contributed by atoms with van der Waals surface area (Å²) in [6.07, 6.45) is 0. The van der Waals surface area contributed by atoms with Crippen LogP contribution in [0.2, 0.25) is 10.0 Å². The first-order valence-electron chi connectivity index (χ1n) is 12.1. The highest BCUT2D eigenvalue weighted by Gasteiger charge is 2.34. The maximum atomic E-state index is 13.9. The van der Waals surface area contributed by atoms with Gasteiger partial charge in [0.1, 0.15) is 18.4 Å². The first kappa shape index (κ1) is 30.4. The third-order valence-corrected chi connectivity index (χ3v) is 8.05. The molecule has 0 aromatic heterocycles. The monoisotopic (exact) mass is 593 g/mol. The Bertz CT molecular complexity index is 1430. The number of amides is 2. The van der Waals surface area contributed by atoms with Crippen LogP contribution in [0.5, 0.6) is 0 Å². The average molecular weight is 595 g/mol. The number of carbonyl (C=O) groups is 2. The van der Waals surface area contributed by atoms with Crippen LogP contribution in [0.3, 0.4) is 0 Å². The molecule has 0 fully saturated rings. The van der Waals surface area contributed by atoms with Crippen LogP contribution in [0, 0.1) is 5.82 Å². The van der Waals surface area contributed by atoms with Crippen molar-refractivity contribution in [3.05, 3.63) is 94.2 Å². The third kappa shape index (κ3) is 7.94. The molecule has 3 aromatic rings. The van der Waals surface area contributed by atoms with Crippen LogP contribution in [0.4, 0.5) is 10.1 Å². The molecule has 0 saturated carbocycles. The number of nitrogens with one attached hydrogen (secondary N) is 1. The van der Waals surface area contributed by atoms with Gasteiger partial charge < -0.3 is 10.2 Å². The zero-order valence-electron chi connectivity index (χ0n) is 22.0. The van der Waals surface area contributed by atoms with E-state index in [1.54, 1.807) is 45.9 Å². The van der Waals surface area contributed by atoms with Crippen molar-refractivity contribution in [3.63, 3.8) is 0 Å². The van der Waals surface area contributed by atoms with Crippen molar-refractivity contribution in [1.82, 2.24) is 10.2 Å². The molecule has 2 amide bonds. The smallest absolute Gasteiger partial charge is 0.264 e. The number of sulfonamides is 1. The molecule has 0 spiro atoms. The molecule has 0 aliphatic heterocycles. The SMILES string of the molecule is CC(C(=O)NC(C)(C)C)N(Cc1ccc(F)cc1)C(=O)CN(c1cc(Cl)ccc1Cl)S(=O)(=O)c1ccccc1. The number of hydrogen-bond donors (Lipinski definition) is 1. The van der Waals surface area contributed by atoms with Gasteiger partial charge in [0.05, 0.1) is 15.6 Å². The Balaban J connectivity index is 2.06. The van der Waals surface area contributed by atoms with Gasteiger partial charge in [-0.2, -0.15) is 0 Å². The quantitative estimate of drug-likeness (QED) is 0.347. The fourth-order valence-electron chi connectivity index (χ4n) is 3.75. The van der Waals surface area contributed by atoms with Crippen molar-refractivity contribution in [2.45, 2.75) is 50.7 Å². The number of carbonyl (C=O) groups excluding carboxylic acids is 2. The summed E-state index contributed by atoms with van der Waals surface area (Å²) in [4.78, 5) is 28.2. The molecule has 0 aliphatic carbocycles. The number of nitrogens with zero attached hydrogens (tertiary/aromatic N) is 2. The van der Waals surface area contributed by atoms with Crippen LogP contribution >= 0.6 is 23.2 Å². The topological polar surface area (TPSA) is 86.8 Å². The summed E-state index contributed by atoms with van der Waals surface area (Å²) in [6, 6.07) is 16.4. The second-order valence-electron chi connectivity index (χ2n) is 9.98. The van der Waals surface area contributed by atoms with Crippen LogP contribution in [-0.4, -0.2) is 43.3 Å². The van der Waals surface area contributed by atoms with Crippen LogP contribution in [-0.2, 0) is 26.2 Å². The maximum absolute atomic E-state index is 13.9. The minimum atomic E-state index is -4.28. The van der Waals surface area contributed by atoms with E-state index in [-0.39, 0.29) is 27.2 Å². The largest absolute Gasteiger partial charge is 0.350 e. The summed E-state index contributed by atoms with van der Waals surface area (Å²) in [5.74, 6) is -1.56. The summed E-state index contributed by atoms with van der Waals surface area (Å²) in [5, 5.41) is 3.13. The molecule has 0 heterocycles. The van der Waals surface area contributed by atoms with Gasteiger partial charge in [0, 0.05) is 17.1 Å². The van der Waals surface area contributed by atoms with Crippen molar-refractivity contribution in [1.29, 1.82) is 0 Å². The fourth-order valence-corrected chi connectivity index (χ4v) is 5.64. The lowest BCUT2D eigenvalue weighted by Gasteiger charge is -2.33. The van der Waals surface area contributed by atoms with E-state index in [1.165, 1.54) is 59.5 Å². The van der Waals surface area contributed by atoms with Gasteiger partial charge in [-0.05, 0) is 75.7 Å². The standard InChI is InChI=1S/C28H30Cl2FN3O4S/c1-19(27(36)32-28(2,3)4)33(17-20-10-13-22(31)14-11-20)26(35)18-34(25-16-21(29)12-15-24(25)30)39(37,38)23-8-6-5-7-9-23/h5-16,19H,17-18H2,1-4H3,(H,32,36). The molecule has 7 nitrogen and oxygen atoms in total. The molecule has 0 bridgehead atoms. The number of hydrogen-bond acceptors (Lipinski definition) is 4. The highest BCUT2D eigenvalue weighted by Crippen LogP contribution is 2.33. The van der Waals surface area contributed by atoms with E-state index in [0.29, 0.717) is 5.56 Å². The molecular formula is C28H30Cl2FN3O4S. The van der Waals surface area contributed by atoms with Crippen LogP contribution < -0.4 is 9.62 Å². The Morgan fingerprint density at radius 2 is 1.59 bits per heavy atom. The van der Waals surface area contributed by atoms with Crippen molar-refractivity contribution >= 4 is 50.7 Å². The van der Waals surface area contributed by atoms with Gasteiger partial charge in [-0.1, -0.05) is 53.5 Å². The lowest BCUT2D eigenvalue weighted by Crippen LogP contribution is -2.54. The fraction of sp³-hybridized carbons (Fsp3) is 0.286. The lowest BCUT2D eigenvalue weighted by molar-refractivity contribution is -0.140. The van der Waals surface area contributed by atoms with E-state index in [0.717, 1.165) is 4.31 Å². The summed E-state index contributed by atoms with van der Waals surface area (Å²) < 4.78 is 42.0. The lowest BCUT2D eigenvalue weighted by atomic mass is 10.1. The molecule has 3 rings (SSSR count). The second kappa shape index (κ2) is 12.4. The van der Waals surface area contributed by atoms with Gasteiger partial charge in [-0.25, -0.2) is 12.8 Å². The number of halogens is 3. The van der Waals surface area contributed by atoms with Crippen LogP contribution in [0.1, 0.15) is 33.3 Å². The zero-order chi connectivity index (χ0) is 29.0. The Labute approximate surface area is 238 Å². The molecule has 39 heavy (non-hydrogen) atoms. The van der Waals surface area contributed by atoms with E-state index in [2.05, 4.69) is 5.32 Å². The summed E-state index contributed by atoms with van der Waals surface area (Å²) in [7, 11) is -4.28. The highest BCUT2D eigenvalue weighted by atomic mass is 35.5. The van der Waals surface area contributed by atoms with Crippen molar-refractivity contribution < 1.29 is 22.4 Å². The zero-order valence-corrected chi connectivity index (χ0v) is 24.3. The average Bonchev–Trinajstić information content (AvgIpc) is 2.87.